The molecular formula is C13H12ClN3OS. The summed E-state index contributed by atoms with van der Waals surface area (Å²) in [6.07, 6.45) is 0. The maximum atomic E-state index is 6.24. The van der Waals surface area contributed by atoms with Crippen molar-refractivity contribution in [2.75, 3.05) is 0 Å². The number of H-pyrrole nitrogens is 1. The van der Waals surface area contributed by atoms with Gasteiger partial charge in [0.05, 0.1) is 21.7 Å². The molecule has 1 aromatic carbocycles. The highest BCUT2D eigenvalue weighted by Gasteiger charge is 2.12. The number of aryl methyl sites for hydroxylation is 2. The molecule has 2 aromatic heterocycles. The van der Waals surface area contributed by atoms with Crippen molar-refractivity contribution in [3.8, 4) is 0 Å². The summed E-state index contributed by atoms with van der Waals surface area (Å²) in [5, 5.41) is 0.657. The van der Waals surface area contributed by atoms with Crippen molar-refractivity contribution in [3.63, 3.8) is 0 Å². The maximum Gasteiger partial charge on any atom is 0.214 e. The van der Waals surface area contributed by atoms with E-state index in [1.54, 1.807) is 0 Å². The number of imidazole rings is 1. The van der Waals surface area contributed by atoms with Gasteiger partial charge >= 0.3 is 0 Å². The van der Waals surface area contributed by atoms with Crippen LogP contribution >= 0.6 is 23.8 Å². The van der Waals surface area contributed by atoms with E-state index in [4.69, 9.17) is 28.2 Å². The zero-order valence-electron chi connectivity index (χ0n) is 10.5. The number of nitrogens with one attached hydrogen (secondary N) is 1. The quantitative estimate of drug-likeness (QED) is 0.726. The minimum atomic E-state index is 0.469. The van der Waals surface area contributed by atoms with E-state index in [0.717, 1.165) is 22.5 Å². The Balaban J connectivity index is 2.15. The van der Waals surface area contributed by atoms with E-state index in [1.165, 1.54) is 0 Å². The van der Waals surface area contributed by atoms with Gasteiger partial charge in [-0.15, -0.1) is 0 Å². The molecule has 19 heavy (non-hydrogen) atoms. The molecule has 0 amide bonds. The molecule has 0 aliphatic heterocycles. The third-order valence-electron chi connectivity index (χ3n) is 3.11. The molecule has 4 nitrogen and oxygen atoms in total. The number of nitrogens with zero attached hydrogens (tertiary/aromatic N) is 2. The van der Waals surface area contributed by atoms with Crippen LogP contribution in [0, 0.1) is 18.6 Å². The van der Waals surface area contributed by atoms with Crippen molar-refractivity contribution < 1.29 is 4.42 Å². The maximum absolute atomic E-state index is 6.24. The van der Waals surface area contributed by atoms with Crippen molar-refractivity contribution in [2.45, 2.75) is 20.4 Å². The predicted molar refractivity (Wildman–Crippen MR) is 77.2 cm³/mol. The summed E-state index contributed by atoms with van der Waals surface area (Å²) in [5.74, 6) is 1.46. The molecule has 0 aliphatic carbocycles. The lowest BCUT2D eigenvalue weighted by Crippen LogP contribution is -2.00. The van der Waals surface area contributed by atoms with Crippen LogP contribution in [-0.4, -0.2) is 14.5 Å². The Kier molecular flexibility index (Phi) is 2.95. The number of benzene rings is 1. The highest BCUT2D eigenvalue weighted by Crippen LogP contribution is 2.24. The normalized spacial score (nSPS) is 11.3. The fourth-order valence-corrected chi connectivity index (χ4v) is 2.61. The Morgan fingerprint density at radius 2 is 2.21 bits per heavy atom. The smallest absolute Gasteiger partial charge is 0.214 e. The van der Waals surface area contributed by atoms with E-state index in [1.807, 2.05) is 36.6 Å². The van der Waals surface area contributed by atoms with Crippen molar-refractivity contribution in [3.05, 3.63) is 45.3 Å². The number of halogens is 1. The zero-order chi connectivity index (χ0) is 13.6. The fraction of sp³-hybridized carbons (Fsp3) is 0.231. The van der Waals surface area contributed by atoms with Crippen LogP contribution in [0.1, 0.15) is 17.3 Å². The van der Waals surface area contributed by atoms with Crippen LogP contribution in [-0.2, 0) is 6.54 Å². The summed E-state index contributed by atoms with van der Waals surface area (Å²) in [4.78, 5) is 7.51. The number of rotatable bonds is 2. The van der Waals surface area contributed by atoms with E-state index >= 15 is 0 Å². The van der Waals surface area contributed by atoms with Gasteiger partial charge < -0.3 is 14.0 Å². The van der Waals surface area contributed by atoms with Crippen LogP contribution in [0.25, 0.3) is 11.0 Å². The molecule has 0 atom stereocenters. The van der Waals surface area contributed by atoms with Crippen molar-refractivity contribution >= 4 is 34.9 Å². The molecule has 0 unspecified atom stereocenters. The van der Waals surface area contributed by atoms with Gasteiger partial charge in [-0.2, -0.15) is 0 Å². The fourth-order valence-electron chi connectivity index (χ4n) is 2.07. The average molecular weight is 294 g/mol. The standard InChI is InChI=1S/C13H12ClN3OS/c1-7-8(2)18-11(15-7)6-17-12-9(14)4-3-5-10(12)16-13(17)19/h3-5H,6H2,1-2H3,(H,16,19). The summed E-state index contributed by atoms with van der Waals surface area (Å²) in [7, 11) is 0. The van der Waals surface area contributed by atoms with E-state index in [9.17, 15) is 0 Å². The number of aromatic amines is 1. The number of para-hydroxylation sites is 1. The molecule has 6 heteroatoms. The molecule has 1 N–H and O–H groups in total. The van der Waals surface area contributed by atoms with Crippen LogP contribution < -0.4 is 0 Å². The number of oxazole rings is 1. The second-order valence-corrected chi connectivity index (χ2v) is 5.20. The van der Waals surface area contributed by atoms with Gasteiger partial charge in [0.25, 0.3) is 0 Å². The Morgan fingerprint density at radius 1 is 1.42 bits per heavy atom. The van der Waals surface area contributed by atoms with Crippen LogP contribution in [0.15, 0.2) is 22.6 Å². The first-order chi connectivity index (χ1) is 9.06. The molecule has 98 valence electrons. The summed E-state index contributed by atoms with van der Waals surface area (Å²) in [6.45, 7) is 4.29. The summed E-state index contributed by atoms with van der Waals surface area (Å²) >= 11 is 11.6. The Hall–Kier alpha value is -1.59. The van der Waals surface area contributed by atoms with Gasteiger partial charge in [-0.3, -0.25) is 0 Å². The molecule has 3 aromatic rings. The summed E-state index contributed by atoms with van der Waals surface area (Å²) in [6, 6.07) is 5.67. The topological polar surface area (TPSA) is 46.8 Å². The first-order valence-corrected chi connectivity index (χ1v) is 6.65. The molecule has 0 saturated carbocycles. The lowest BCUT2D eigenvalue weighted by Gasteiger charge is -2.02. The van der Waals surface area contributed by atoms with E-state index in [2.05, 4.69) is 9.97 Å². The van der Waals surface area contributed by atoms with Gasteiger partial charge in [0, 0.05) is 0 Å². The lowest BCUT2D eigenvalue weighted by atomic mass is 10.3. The summed E-state index contributed by atoms with van der Waals surface area (Å²) in [5.41, 5.74) is 2.69. The second kappa shape index (κ2) is 4.51. The zero-order valence-corrected chi connectivity index (χ0v) is 12.1. The number of aromatic nitrogens is 3. The van der Waals surface area contributed by atoms with Crippen LogP contribution in [0.5, 0.6) is 0 Å². The van der Waals surface area contributed by atoms with Gasteiger partial charge in [0.1, 0.15) is 12.3 Å². The molecule has 0 radical (unpaired) electrons. The van der Waals surface area contributed by atoms with Crippen LogP contribution in [0.2, 0.25) is 5.02 Å². The number of fused-ring (bicyclic) bond motifs is 1. The first-order valence-electron chi connectivity index (χ1n) is 5.86. The van der Waals surface area contributed by atoms with E-state index in [0.29, 0.717) is 22.2 Å². The van der Waals surface area contributed by atoms with Crippen LogP contribution in [0.4, 0.5) is 0 Å². The van der Waals surface area contributed by atoms with Gasteiger partial charge in [0.15, 0.2) is 4.77 Å². The lowest BCUT2D eigenvalue weighted by molar-refractivity contribution is 0.458. The molecule has 0 saturated heterocycles. The predicted octanol–water partition coefficient (Wildman–Crippen LogP) is 4.01. The van der Waals surface area contributed by atoms with E-state index in [-0.39, 0.29) is 0 Å². The molecular weight excluding hydrogens is 282 g/mol. The van der Waals surface area contributed by atoms with Gasteiger partial charge in [-0.25, -0.2) is 4.98 Å². The Morgan fingerprint density at radius 3 is 2.89 bits per heavy atom. The van der Waals surface area contributed by atoms with Gasteiger partial charge in [-0.05, 0) is 38.2 Å². The summed E-state index contributed by atoms with van der Waals surface area (Å²) < 4.78 is 8.10. The van der Waals surface area contributed by atoms with Crippen molar-refractivity contribution in [1.29, 1.82) is 0 Å². The Bertz CT molecular complexity index is 796. The Labute approximate surface area is 120 Å². The van der Waals surface area contributed by atoms with Crippen LogP contribution in [0.3, 0.4) is 0 Å². The monoisotopic (exact) mass is 293 g/mol. The third kappa shape index (κ3) is 2.09. The second-order valence-electron chi connectivity index (χ2n) is 4.40. The molecule has 3 rings (SSSR count). The minimum absolute atomic E-state index is 0.469. The van der Waals surface area contributed by atoms with Gasteiger partial charge in [0.2, 0.25) is 5.89 Å². The van der Waals surface area contributed by atoms with Gasteiger partial charge in [-0.1, -0.05) is 17.7 Å². The van der Waals surface area contributed by atoms with E-state index < -0.39 is 0 Å². The van der Waals surface area contributed by atoms with Crippen molar-refractivity contribution in [2.24, 2.45) is 0 Å². The largest absolute Gasteiger partial charge is 0.444 e. The molecule has 0 bridgehead atoms. The SMILES string of the molecule is Cc1nc(Cn2c(=S)[nH]c3cccc(Cl)c32)oc1C. The first kappa shape index (κ1) is 12.4. The van der Waals surface area contributed by atoms with Crippen molar-refractivity contribution in [1.82, 2.24) is 14.5 Å². The highest BCUT2D eigenvalue weighted by molar-refractivity contribution is 7.71. The molecule has 2 heterocycles. The molecule has 0 spiro atoms. The molecule has 0 fully saturated rings. The minimum Gasteiger partial charge on any atom is -0.444 e. The highest BCUT2D eigenvalue weighted by atomic mass is 35.5. The third-order valence-corrected chi connectivity index (χ3v) is 3.74. The number of hydrogen-bond donors (Lipinski definition) is 1. The number of hydrogen-bond acceptors (Lipinski definition) is 3. The molecule has 0 aliphatic rings. The average Bonchev–Trinajstić information content (AvgIpc) is 2.82.